The number of nitrogens with zero attached hydrogens (tertiary/aromatic N) is 5. The molecular weight excluding hydrogens is 194 g/mol. The third-order valence-corrected chi connectivity index (χ3v) is 1.97. The van der Waals surface area contributed by atoms with Gasteiger partial charge in [0.15, 0.2) is 5.78 Å². The molecule has 76 valence electrons. The van der Waals surface area contributed by atoms with Crippen molar-refractivity contribution in [2.24, 2.45) is 7.05 Å². The highest BCUT2D eigenvalue weighted by Gasteiger charge is 2.11. The number of Topliss-reactive ketones (excluding diaryl/α,β-unsaturated/α-hetero) is 1. The number of ketones is 1. The van der Waals surface area contributed by atoms with Crippen LogP contribution in [0.15, 0.2) is 24.9 Å². The molecule has 0 N–H and O–H groups in total. The molecule has 6 heteroatoms. The molecule has 0 saturated heterocycles. The van der Waals surface area contributed by atoms with Gasteiger partial charge in [-0.15, -0.1) is 0 Å². The third-order valence-electron chi connectivity index (χ3n) is 1.97. The van der Waals surface area contributed by atoms with Crippen LogP contribution in [-0.4, -0.2) is 30.5 Å². The molecule has 2 heterocycles. The third kappa shape index (κ3) is 2.04. The van der Waals surface area contributed by atoms with E-state index >= 15 is 0 Å². The number of hydrogen-bond donors (Lipinski definition) is 0. The summed E-state index contributed by atoms with van der Waals surface area (Å²) in [6.45, 7) is 0. The fourth-order valence-electron chi connectivity index (χ4n) is 1.16. The van der Waals surface area contributed by atoms with E-state index in [1.165, 1.54) is 24.9 Å². The smallest absolute Gasteiger partial charge is 0.190 e. The van der Waals surface area contributed by atoms with Gasteiger partial charge in [-0.05, 0) is 0 Å². The van der Waals surface area contributed by atoms with E-state index in [2.05, 4.69) is 20.1 Å². The van der Waals surface area contributed by atoms with Crippen molar-refractivity contribution in [2.45, 2.75) is 6.42 Å². The van der Waals surface area contributed by atoms with E-state index in [0.29, 0.717) is 11.5 Å². The number of carbonyl (C=O) groups is 1. The molecule has 0 unspecified atom stereocenters. The van der Waals surface area contributed by atoms with Gasteiger partial charge < -0.3 is 0 Å². The zero-order chi connectivity index (χ0) is 10.7. The van der Waals surface area contributed by atoms with E-state index in [9.17, 15) is 4.79 Å². The van der Waals surface area contributed by atoms with Crippen molar-refractivity contribution >= 4 is 5.78 Å². The van der Waals surface area contributed by atoms with Crippen LogP contribution in [0.4, 0.5) is 0 Å². The molecule has 2 aromatic rings. The van der Waals surface area contributed by atoms with Gasteiger partial charge in [-0.1, -0.05) is 0 Å². The highest BCUT2D eigenvalue weighted by molar-refractivity contribution is 5.94. The van der Waals surface area contributed by atoms with E-state index < -0.39 is 0 Å². The first-order valence-electron chi connectivity index (χ1n) is 4.39. The average molecular weight is 203 g/mol. The van der Waals surface area contributed by atoms with E-state index in [-0.39, 0.29) is 12.2 Å². The zero-order valence-electron chi connectivity index (χ0n) is 8.16. The Morgan fingerprint density at radius 3 is 2.87 bits per heavy atom. The summed E-state index contributed by atoms with van der Waals surface area (Å²) in [5.74, 6) is 0.504. The van der Waals surface area contributed by atoms with Gasteiger partial charge >= 0.3 is 0 Å². The molecule has 0 spiro atoms. The lowest BCUT2D eigenvalue weighted by atomic mass is 10.2. The fraction of sp³-hybridized carbons (Fsp3) is 0.222. The second-order valence-corrected chi connectivity index (χ2v) is 2.99. The zero-order valence-corrected chi connectivity index (χ0v) is 8.16. The van der Waals surface area contributed by atoms with Crippen molar-refractivity contribution in [2.75, 3.05) is 0 Å². The van der Waals surface area contributed by atoms with Crippen LogP contribution in [0.25, 0.3) is 0 Å². The van der Waals surface area contributed by atoms with Crippen molar-refractivity contribution in [1.29, 1.82) is 0 Å². The van der Waals surface area contributed by atoms with Crippen molar-refractivity contribution in [1.82, 2.24) is 24.7 Å². The summed E-state index contributed by atoms with van der Waals surface area (Å²) in [5, 5.41) is 3.88. The molecule has 0 aliphatic carbocycles. The summed E-state index contributed by atoms with van der Waals surface area (Å²) in [6, 6.07) is 0. The minimum atomic E-state index is -0.112. The fourth-order valence-corrected chi connectivity index (χ4v) is 1.16. The number of hydrogen-bond acceptors (Lipinski definition) is 5. The van der Waals surface area contributed by atoms with Gasteiger partial charge in [0.1, 0.15) is 17.8 Å². The number of carbonyl (C=O) groups excluding carboxylic acids is 1. The maximum absolute atomic E-state index is 11.7. The Labute approximate surface area is 86.0 Å². The predicted molar refractivity (Wildman–Crippen MR) is 51.1 cm³/mol. The Morgan fingerprint density at radius 1 is 1.40 bits per heavy atom. The lowest BCUT2D eigenvalue weighted by Gasteiger charge is -1.98. The molecule has 2 aromatic heterocycles. The van der Waals surface area contributed by atoms with Crippen LogP contribution >= 0.6 is 0 Å². The number of aryl methyl sites for hydroxylation is 1. The molecule has 0 aromatic carbocycles. The number of rotatable bonds is 3. The lowest BCUT2D eigenvalue weighted by molar-refractivity contribution is 0.0984. The molecule has 0 atom stereocenters. The second kappa shape index (κ2) is 3.95. The normalized spacial score (nSPS) is 10.2. The maximum Gasteiger partial charge on any atom is 0.190 e. The Hall–Kier alpha value is -2.11. The Bertz CT molecular complexity index is 464. The maximum atomic E-state index is 11.7. The van der Waals surface area contributed by atoms with Gasteiger partial charge in [0.2, 0.25) is 0 Å². The van der Waals surface area contributed by atoms with Crippen LogP contribution in [0, 0.1) is 0 Å². The summed E-state index contributed by atoms with van der Waals surface area (Å²) in [4.78, 5) is 23.4. The van der Waals surface area contributed by atoms with Gasteiger partial charge in [-0.2, -0.15) is 5.10 Å². The van der Waals surface area contributed by atoms with Crippen LogP contribution in [-0.2, 0) is 13.5 Å². The predicted octanol–water partition coefficient (Wildman–Crippen LogP) is 0.0305. The first-order valence-corrected chi connectivity index (χ1v) is 4.39. The Kier molecular flexibility index (Phi) is 2.49. The molecule has 15 heavy (non-hydrogen) atoms. The summed E-state index contributed by atoms with van der Waals surface area (Å²) < 4.78 is 1.56. The Morgan fingerprint density at radius 2 is 2.27 bits per heavy atom. The summed E-state index contributed by atoms with van der Waals surface area (Å²) >= 11 is 0. The molecule has 0 bridgehead atoms. The average Bonchev–Trinajstić information content (AvgIpc) is 2.66. The van der Waals surface area contributed by atoms with E-state index in [4.69, 9.17) is 0 Å². The van der Waals surface area contributed by atoms with Gasteiger partial charge in [0.05, 0.1) is 12.6 Å². The van der Waals surface area contributed by atoms with Crippen LogP contribution in [0.5, 0.6) is 0 Å². The second-order valence-electron chi connectivity index (χ2n) is 2.99. The summed E-state index contributed by atoms with van der Waals surface area (Å²) in [7, 11) is 1.74. The van der Waals surface area contributed by atoms with Gasteiger partial charge in [0, 0.05) is 19.4 Å². The molecule has 0 saturated carbocycles. The van der Waals surface area contributed by atoms with Gasteiger partial charge in [-0.25, -0.2) is 9.97 Å². The first kappa shape index (κ1) is 9.45. The van der Waals surface area contributed by atoms with Crippen molar-refractivity contribution in [3.63, 3.8) is 0 Å². The molecule has 0 amide bonds. The van der Waals surface area contributed by atoms with E-state index in [1.54, 1.807) is 11.7 Å². The first-order chi connectivity index (χ1) is 7.27. The van der Waals surface area contributed by atoms with Gasteiger partial charge in [0.25, 0.3) is 0 Å². The number of aromatic nitrogens is 5. The molecule has 0 aliphatic rings. The van der Waals surface area contributed by atoms with Crippen LogP contribution in [0.1, 0.15) is 16.3 Å². The summed E-state index contributed by atoms with van der Waals surface area (Å²) in [5.41, 5.74) is 0.348. The minimum absolute atomic E-state index is 0.112. The topological polar surface area (TPSA) is 73.6 Å². The van der Waals surface area contributed by atoms with Crippen LogP contribution < -0.4 is 0 Å². The molecule has 0 aliphatic heterocycles. The highest BCUT2D eigenvalue weighted by Crippen LogP contribution is 2.00. The minimum Gasteiger partial charge on any atom is -0.292 e. The molecule has 0 radical (unpaired) electrons. The molecule has 6 nitrogen and oxygen atoms in total. The van der Waals surface area contributed by atoms with E-state index in [1.807, 2.05) is 0 Å². The monoisotopic (exact) mass is 203 g/mol. The molecular formula is C9H9N5O. The Balaban J connectivity index is 2.15. The molecule has 2 rings (SSSR count). The van der Waals surface area contributed by atoms with Crippen molar-refractivity contribution in [3.8, 4) is 0 Å². The summed E-state index contributed by atoms with van der Waals surface area (Å²) in [6.07, 6.45) is 6.07. The van der Waals surface area contributed by atoms with Crippen LogP contribution in [0.3, 0.4) is 0 Å². The lowest BCUT2D eigenvalue weighted by Crippen LogP contribution is -2.10. The van der Waals surface area contributed by atoms with Gasteiger partial charge in [-0.3, -0.25) is 14.5 Å². The van der Waals surface area contributed by atoms with Crippen molar-refractivity contribution < 1.29 is 4.79 Å². The van der Waals surface area contributed by atoms with Crippen molar-refractivity contribution in [3.05, 3.63) is 36.4 Å². The largest absolute Gasteiger partial charge is 0.292 e. The SMILES string of the molecule is Cn1ncnc1CC(=O)c1cnccn1. The molecule has 0 fully saturated rings. The van der Waals surface area contributed by atoms with E-state index in [0.717, 1.165) is 0 Å². The highest BCUT2D eigenvalue weighted by atomic mass is 16.1. The van der Waals surface area contributed by atoms with Crippen LogP contribution in [0.2, 0.25) is 0 Å². The standard InChI is InChI=1S/C9H9N5O/c1-14-9(12-6-13-14)4-8(15)7-5-10-2-3-11-7/h2-3,5-6H,4H2,1H3. The quantitative estimate of drug-likeness (QED) is 0.658.